The summed E-state index contributed by atoms with van der Waals surface area (Å²) in [6, 6.07) is 18.5. The molecule has 7 heteroatoms. The first kappa shape index (κ1) is 24.4. The van der Waals surface area contributed by atoms with E-state index in [0.717, 1.165) is 11.1 Å². The van der Waals surface area contributed by atoms with Crippen LogP contribution in [0, 0.1) is 13.8 Å². The number of benzene rings is 3. The monoisotopic (exact) mass is 464 g/mol. The van der Waals surface area contributed by atoms with Crippen LogP contribution in [0.3, 0.4) is 0 Å². The predicted molar refractivity (Wildman–Crippen MR) is 130 cm³/mol. The smallest absolute Gasteiger partial charge is 0.256 e. The van der Waals surface area contributed by atoms with E-state index < -0.39 is 15.9 Å². The van der Waals surface area contributed by atoms with Crippen molar-refractivity contribution in [3.8, 4) is 0 Å². The highest BCUT2D eigenvalue weighted by atomic mass is 32.2. The fourth-order valence-electron chi connectivity index (χ4n) is 3.63. The van der Waals surface area contributed by atoms with Gasteiger partial charge in [0.1, 0.15) is 0 Å². The molecule has 1 N–H and O–H groups in total. The zero-order valence-corrected chi connectivity index (χ0v) is 20.1. The molecule has 0 aromatic heterocycles. The lowest BCUT2D eigenvalue weighted by atomic mass is 9.97. The van der Waals surface area contributed by atoms with Gasteiger partial charge in [-0.1, -0.05) is 62.4 Å². The molecule has 0 saturated heterocycles. The molecule has 0 unspecified atom stereocenters. The van der Waals surface area contributed by atoms with Crippen LogP contribution in [0.4, 0.5) is 5.69 Å². The minimum atomic E-state index is -3.69. The topological polar surface area (TPSA) is 83.6 Å². The highest BCUT2D eigenvalue weighted by molar-refractivity contribution is 7.89. The Balaban J connectivity index is 2.00. The summed E-state index contributed by atoms with van der Waals surface area (Å²) < 4.78 is 27.4. The number of hydrogen-bond acceptors (Lipinski definition) is 4. The van der Waals surface area contributed by atoms with Gasteiger partial charge in [-0.15, -0.1) is 0 Å². The first-order valence-electron chi connectivity index (χ1n) is 10.8. The number of aryl methyl sites for hydroxylation is 1. The van der Waals surface area contributed by atoms with E-state index in [-0.39, 0.29) is 21.8 Å². The van der Waals surface area contributed by atoms with Crippen LogP contribution in [-0.2, 0) is 10.0 Å². The van der Waals surface area contributed by atoms with Gasteiger partial charge in [0.05, 0.1) is 10.5 Å². The molecule has 172 valence electrons. The molecule has 0 aliphatic carbocycles. The number of anilines is 1. The minimum Gasteiger partial charge on any atom is -0.322 e. The number of carbonyl (C=O) groups is 2. The summed E-state index contributed by atoms with van der Waals surface area (Å²) in [6.45, 7) is 7.89. The van der Waals surface area contributed by atoms with Gasteiger partial charge in [0.2, 0.25) is 10.0 Å². The van der Waals surface area contributed by atoms with E-state index in [1.807, 2.05) is 13.0 Å². The Hall–Kier alpha value is -3.29. The van der Waals surface area contributed by atoms with Crippen LogP contribution < -0.4 is 5.32 Å². The molecule has 0 radical (unpaired) electrons. The number of hydrogen-bond donors (Lipinski definition) is 1. The summed E-state index contributed by atoms with van der Waals surface area (Å²) in [6.07, 6.45) is 0. The van der Waals surface area contributed by atoms with E-state index in [4.69, 9.17) is 0 Å². The Morgan fingerprint density at radius 2 is 1.42 bits per heavy atom. The molecular formula is C26H28N2O4S. The number of carbonyl (C=O) groups excluding carboxylic acids is 2. The number of sulfonamides is 1. The van der Waals surface area contributed by atoms with Gasteiger partial charge in [-0.2, -0.15) is 4.31 Å². The fraction of sp³-hybridized carbons (Fsp3) is 0.231. The zero-order chi connectivity index (χ0) is 24.2. The largest absolute Gasteiger partial charge is 0.322 e. The summed E-state index contributed by atoms with van der Waals surface area (Å²) in [7, 11) is -3.69. The highest BCUT2D eigenvalue weighted by Crippen LogP contribution is 2.27. The van der Waals surface area contributed by atoms with Crippen molar-refractivity contribution in [2.24, 2.45) is 0 Å². The third-order valence-electron chi connectivity index (χ3n) is 5.68. The molecule has 0 aliphatic heterocycles. The third kappa shape index (κ3) is 5.05. The van der Waals surface area contributed by atoms with Gasteiger partial charge in [-0.25, -0.2) is 8.42 Å². The Labute approximate surface area is 195 Å². The van der Waals surface area contributed by atoms with Crippen molar-refractivity contribution in [3.63, 3.8) is 0 Å². The van der Waals surface area contributed by atoms with Crippen LogP contribution in [0.15, 0.2) is 71.6 Å². The highest BCUT2D eigenvalue weighted by Gasteiger charge is 2.24. The lowest BCUT2D eigenvalue weighted by molar-refractivity contribution is 0.0996. The maximum absolute atomic E-state index is 13.2. The Morgan fingerprint density at radius 3 is 2.03 bits per heavy atom. The average molecular weight is 465 g/mol. The van der Waals surface area contributed by atoms with Crippen molar-refractivity contribution in [1.29, 1.82) is 0 Å². The molecule has 0 aliphatic rings. The second-order valence-electron chi connectivity index (χ2n) is 7.70. The standard InChI is InChI=1S/C26H28N2O4S/c1-5-28(6-2)33(31,32)21-16-18(3)19(4)24(17-21)27-26(30)23-15-11-10-14-22(23)25(29)20-12-8-7-9-13-20/h7-17H,5-6H2,1-4H3,(H,27,30). The number of nitrogens with zero attached hydrogens (tertiary/aromatic N) is 1. The van der Waals surface area contributed by atoms with Crippen LogP contribution >= 0.6 is 0 Å². The van der Waals surface area contributed by atoms with Gasteiger partial charge in [0.25, 0.3) is 5.91 Å². The van der Waals surface area contributed by atoms with E-state index in [1.54, 1.807) is 75.4 Å². The van der Waals surface area contributed by atoms with Crippen LogP contribution in [-0.4, -0.2) is 37.5 Å². The molecule has 0 bridgehead atoms. The van der Waals surface area contributed by atoms with Crippen molar-refractivity contribution < 1.29 is 18.0 Å². The summed E-state index contributed by atoms with van der Waals surface area (Å²) in [4.78, 5) is 26.3. The van der Waals surface area contributed by atoms with Crippen LogP contribution in [0.2, 0.25) is 0 Å². The minimum absolute atomic E-state index is 0.123. The Morgan fingerprint density at radius 1 is 0.848 bits per heavy atom. The molecule has 0 saturated carbocycles. The summed E-state index contributed by atoms with van der Waals surface area (Å²) in [5.74, 6) is -0.734. The number of amides is 1. The van der Waals surface area contributed by atoms with E-state index >= 15 is 0 Å². The van der Waals surface area contributed by atoms with Gasteiger partial charge in [-0.3, -0.25) is 9.59 Å². The first-order chi connectivity index (χ1) is 15.7. The number of nitrogens with one attached hydrogen (secondary N) is 1. The normalized spacial score (nSPS) is 11.4. The Bertz CT molecular complexity index is 1280. The van der Waals surface area contributed by atoms with Crippen molar-refractivity contribution in [2.75, 3.05) is 18.4 Å². The fourth-order valence-corrected chi connectivity index (χ4v) is 5.20. The average Bonchev–Trinajstić information content (AvgIpc) is 2.82. The lowest BCUT2D eigenvalue weighted by Crippen LogP contribution is -2.30. The number of rotatable bonds is 8. The molecule has 0 spiro atoms. The first-order valence-corrected chi connectivity index (χ1v) is 12.3. The second-order valence-corrected chi connectivity index (χ2v) is 9.63. The molecule has 3 aromatic rings. The van der Waals surface area contributed by atoms with Crippen LogP contribution in [0.5, 0.6) is 0 Å². The quantitative estimate of drug-likeness (QED) is 0.485. The zero-order valence-electron chi connectivity index (χ0n) is 19.3. The second kappa shape index (κ2) is 10.1. The molecule has 1 amide bonds. The van der Waals surface area contributed by atoms with Crippen molar-refractivity contribution in [2.45, 2.75) is 32.6 Å². The molecular weight excluding hydrogens is 436 g/mol. The number of ketones is 1. The molecule has 0 heterocycles. The molecule has 0 fully saturated rings. The van der Waals surface area contributed by atoms with E-state index in [0.29, 0.717) is 24.3 Å². The van der Waals surface area contributed by atoms with Crippen molar-refractivity contribution in [1.82, 2.24) is 4.31 Å². The lowest BCUT2D eigenvalue weighted by Gasteiger charge is -2.20. The van der Waals surface area contributed by atoms with Crippen molar-refractivity contribution in [3.05, 3.63) is 94.5 Å². The van der Waals surface area contributed by atoms with Gasteiger partial charge >= 0.3 is 0 Å². The Kier molecular flexibility index (Phi) is 7.46. The maximum atomic E-state index is 13.2. The van der Waals surface area contributed by atoms with E-state index in [1.165, 1.54) is 10.4 Å². The van der Waals surface area contributed by atoms with Crippen LogP contribution in [0.1, 0.15) is 51.3 Å². The van der Waals surface area contributed by atoms with Gasteiger partial charge < -0.3 is 5.32 Å². The van der Waals surface area contributed by atoms with E-state index in [9.17, 15) is 18.0 Å². The predicted octanol–water partition coefficient (Wildman–Crippen LogP) is 4.82. The molecule has 33 heavy (non-hydrogen) atoms. The molecule has 3 aromatic carbocycles. The SMILES string of the molecule is CCN(CC)S(=O)(=O)c1cc(C)c(C)c(NC(=O)c2ccccc2C(=O)c2ccccc2)c1. The van der Waals surface area contributed by atoms with Gasteiger partial charge in [-0.05, 0) is 43.2 Å². The maximum Gasteiger partial charge on any atom is 0.256 e. The van der Waals surface area contributed by atoms with Gasteiger partial charge in [0.15, 0.2) is 5.78 Å². The molecule has 6 nitrogen and oxygen atoms in total. The summed E-state index contributed by atoms with van der Waals surface area (Å²) in [5.41, 5.74) is 2.88. The molecule has 0 atom stereocenters. The summed E-state index contributed by atoms with van der Waals surface area (Å²) in [5, 5.41) is 2.83. The van der Waals surface area contributed by atoms with Gasteiger partial charge in [0, 0.05) is 29.9 Å². The summed E-state index contributed by atoms with van der Waals surface area (Å²) >= 11 is 0. The molecule has 3 rings (SSSR count). The van der Waals surface area contributed by atoms with E-state index in [2.05, 4.69) is 5.32 Å². The third-order valence-corrected chi connectivity index (χ3v) is 7.71. The van der Waals surface area contributed by atoms with Crippen molar-refractivity contribution >= 4 is 27.4 Å². The van der Waals surface area contributed by atoms with Crippen LogP contribution in [0.25, 0.3) is 0 Å².